The molecule has 228 valence electrons. The predicted molar refractivity (Wildman–Crippen MR) is 172 cm³/mol. The lowest BCUT2D eigenvalue weighted by Crippen LogP contribution is -2.54. The van der Waals surface area contributed by atoms with Gasteiger partial charge in [-0.2, -0.15) is 0 Å². The van der Waals surface area contributed by atoms with E-state index in [-0.39, 0.29) is 29.7 Å². The standard InChI is InChI=1S/C17H46N4O3Si3.C2H8O2Si.4CH4/c1-7-22-27(6,17-9-13-21-15-11-19)24-26(4,5)23-25(2,3)16-8-12-20-14-10-18;1-5(2,3)4;;;;/h20-21H,7-19H2,1-6H3;3-4H,1-2H3;4*1H4. The van der Waals surface area contributed by atoms with Crippen molar-refractivity contribution in [1.82, 2.24) is 10.6 Å². The van der Waals surface area contributed by atoms with Crippen molar-refractivity contribution in [1.29, 1.82) is 0 Å². The molecule has 8 N–H and O–H groups in total. The Kier molecular flexibility index (Phi) is 35.4. The summed E-state index contributed by atoms with van der Waals surface area (Å²) in [5.74, 6) is 0. The first-order valence-electron chi connectivity index (χ1n) is 11.9. The quantitative estimate of drug-likeness (QED) is 0.102. The van der Waals surface area contributed by atoms with Gasteiger partial charge in [0.25, 0.3) is 0 Å². The Labute approximate surface area is 231 Å². The van der Waals surface area contributed by atoms with Crippen molar-refractivity contribution in [3.8, 4) is 0 Å². The summed E-state index contributed by atoms with van der Waals surface area (Å²) in [7, 11) is -8.85. The van der Waals surface area contributed by atoms with E-state index >= 15 is 0 Å². The summed E-state index contributed by atoms with van der Waals surface area (Å²) in [5, 5.41) is 6.71. The highest BCUT2D eigenvalue weighted by atomic mass is 28.5. The molecule has 0 amide bonds. The van der Waals surface area contributed by atoms with E-state index < -0.39 is 34.0 Å². The third kappa shape index (κ3) is 36.7. The van der Waals surface area contributed by atoms with Crippen molar-refractivity contribution < 1.29 is 22.2 Å². The topological polar surface area (TPSA) is 144 Å². The van der Waals surface area contributed by atoms with Gasteiger partial charge in [-0.15, -0.1) is 0 Å². The maximum absolute atomic E-state index is 8.22. The lowest BCUT2D eigenvalue weighted by molar-refractivity contribution is 0.234. The third-order valence-electron chi connectivity index (χ3n) is 4.19. The number of rotatable bonds is 18. The average Bonchev–Trinajstić information content (AvgIpc) is 2.58. The fourth-order valence-electron chi connectivity index (χ4n) is 3.34. The van der Waals surface area contributed by atoms with E-state index in [9.17, 15) is 0 Å². The molecule has 0 bridgehead atoms. The van der Waals surface area contributed by atoms with E-state index in [4.69, 9.17) is 33.7 Å². The van der Waals surface area contributed by atoms with Crippen LogP contribution in [0.3, 0.4) is 0 Å². The molecule has 9 nitrogen and oxygen atoms in total. The normalized spacial score (nSPS) is 13.0. The zero-order valence-corrected chi connectivity index (χ0v) is 26.1. The fourth-order valence-corrected chi connectivity index (χ4v) is 17.0. The fraction of sp³-hybridized carbons (Fsp3) is 1.00. The molecule has 0 aliphatic carbocycles. The Morgan fingerprint density at radius 1 is 0.667 bits per heavy atom. The smallest absolute Gasteiger partial charge is 0.326 e. The second-order valence-electron chi connectivity index (χ2n) is 9.71. The second-order valence-corrected chi connectivity index (χ2v) is 24.2. The maximum Gasteiger partial charge on any atom is 0.326 e. The lowest BCUT2D eigenvalue weighted by Gasteiger charge is -2.39. The maximum atomic E-state index is 8.22. The minimum Gasteiger partial charge on any atom is -0.436 e. The largest absolute Gasteiger partial charge is 0.436 e. The predicted octanol–water partition coefficient (Wildman–Crippen LogP) is 4.13. The molecule has 13 heteroatoms. The van der Waals surface area contributed by atoms with E-state index in [1.807, 2.05) is 6.92 Å². The second kappa shape index (κ2) is 25.8. The number of nitrogens with one attached hydrogen (secondary N) is 2. The Bertz CT molecular complexity index is 457. The van der Waals surface area contributed by atoms with Gasteiger partial charge in [-0.1, -0.05) is 29.7 Å². The Balaban J connectivity index is -0.000000226. The van der Waals surface area contributed by atoms with Crippen LogP contribution in [-0.2, 0) is 12.7 Å². The van der Waals surface area contributed by atoms with Crippen LogP contribution >= 0.6 is 0 Å². The van der Waals surface area contributed by atoms with Crippen LogP contribution in [0.15, 0.2) is 0 Å². The van der Waals surface area contributed by atoms with Crippen LogP contribution < -0.4 is 22.1 Å². The van der Waals surface area contributed by atoms with Crippen LogP contribution in [0.2, 0.25) is 57.9 Å². The molecule has 1 atom stereocenters. The molecule has 0 aromatic heterocycles. The molecular weight excluding hydrogens is 525 g/mol. The van der Waals surface area contributed by atoms with Gasteiger partial charge in [-0.25, -0.2) is 0 Å². The van der Waals surface area contributed by atoms with E-state index in [1.54, 1.807) is 0 Å². The minimum absolute atomic E-state index is 0. The molecule has 0 radical (unpaired) electrons. The monoisotopic (exact) mass is 594 g/mol. The summed E-state index contributed by atoms with van der Waals surface area (Å²) in [6, 6.07) is 2.10. The molecule has 0 heterocycles. The van der Waals surface area contributed by atoms with Gasteiger partial charge in [0.1, 0.15) is 0 Å². The molecule has 0 aromatic carbocycles. The van der Waals surface area contributed by atoms with Crippen molar-refractivity contribution in [2.75, 3.05) is 45.9 Å². The van der Waals surface area contributed by atoms with Crippen molar-refractivity contribution in [3.63, 3.8) is 0 Å². The number of nitrogens with two attached hydrogens (primary N) is 2. The zero-order valence-electron chi connectivity index (χ0n) is 22.1. The van der Waals surface area contributed by atoms with Crippen molar-refractivity contribution in [2.45, 2.75) is 107 Å². The van der Waals surface area contributed by atoms with Crippen LogP contribution in [0.25, 0.3) is 0 Å². The molecule has 0 aliphatic heterocycles. The van der Waals surface area contributed by atoms with E-state index in [1.165, 1.54) is 13.1 Å². The lowest BCUT2D eigenvalue weighted by atomic mass is 10.5. The molecule has 0 saturated carbocycles. The van der Waals surface area contributed by atoms with Gasteiger partial charge in [0.15, 0.2) is 8.32 Å². The Morgan fingerprint density at radius 3 is 1.42 bits per heavy atom. The van der Waals surface area contributed by atoms with Crippen LogP contribution in [0.5, 0.6) is 0 Å². The molecule has 1 unspecified atom stereocenters. The molecule has 0 aliphatic rings. The molecule has 0 saturated heterocycles. The van der Waals surface area contributed by atoms with Crippen molar-refractivity contribution in [3.05, 3.63) is 0 Å². The van der Waals surface area contributed by atoms with Gasteiger partial charge < -0.3 is 44.3 Å². The first-order chi connectivity index (χ1) is 14.6. The summed E-state index contributed by atoms with van der Waals surface area (Å²) >= 11 is 0. The minimum atomic E-state index is -2.61. The van der Waals surface area contributed by atoms with Gasteiger partial charge >= 0.3 is 25.7 Å². The highest BCUT2D eigenvalue weighted by Gasteiger charge is 2.42. The van der Waals surface area contributed by atoms with Gasteiger partial charge in [-0.05, 0) is 90.8 Å². The van der Waals surface area contributed by atoms with Gasteiger partial charge in [0.05, 0.1) is 0 Å². The highest BCUT2D eigenvalue weighted by molar-refractivity contribution is 6.86. The zero-order chi connectivity index (χ0) is 25.3. The Morgan fingerprint density at radius 2 is 1.06 bits per heavy atom. The summed E-state index contributed by atoms with van der Waals surface area (Å²) in [6.07, 6.45) is 2.16. The molecule has 0 rings (SSSR count). The summed E-state index contributed by atoms with van der Waals surface area (Å²) in [5.41, 5.74) is 11.0. The van der Waals surface area contributed by atoms with Crippen LogP contribution in [0.1, 0.15) is 49.5 Å². The van der Waals surface area contributed by atoms with Crippen LogP contribution in [-0.4, -0.2) is 89.5 Å². The SMILES string of the molecule is C.C.C.C.CCO[Si](C)(CCCNCCN)O[Si](C)(C)O[Si](C)(C)CCCNCCN.C[Si](C)(O)O. The first-order valence-corrected chi connectivity index (χ1v) is 23.3. The summed E-state index contributed by atoms with van der Waals surface area (Å²) in [6.45, 7) is 21.8. The first kappa shape index (κ1) is 49.5. The van der Waals surface area contributed by atoms with Crippen LogP contribution in [0.4, 0.5) is 0 Å². The average molecular weight is 595 g/mol. The van der Waals surface area contributed by atoms with E-state index in [2.05, 4.69) is 43.4 Å². The molecule has 0 aromatic rings. The summed E-state index contributed by atoms with van der Waals surface area (Å²) < 4.78 is 19.4. The number of hydrogen-bond donors (Lipinski definition) is 6. The van der Waals surface area contributed by atoms with E-state index in [0.717, 1.165) is 51.1 Å². The van der Waals surface area contributed by atoms with Crippen LogP contribution in [0, 0.1) is 0 Å². The molecule has 0 spiro atoms. The molecule has 0 fully saturated rings. The highest BCUT2D eigenvalue weighted by Crippen LogP contribution is 2.26. The molecular formula is C23H70N4O5Si4. The molecule has 36 heavy (non-hydrogen) atoms. The van der Waals surface area contributed by atoms with Gasteiger partial charge in [0.2, 0.25) is 0 Å². The Hall–Kier alpha value is 0.508. The van der Waals surface area contributed by atoms with Crippen molar-refractivity contribution >= 4 is 34.0 Å². The summed E-state index contributed by atoms with van der Waals surface area (Å²) in [4.78, 5) is 16.4. The third-order valence-corrected chi connectivity index (χ3v) is 15.8. The number of hydrogen-bond acceptors (Lipinski definition) is 9. The van der Waals surface area contributed by atoms with Gasteiger partial charge in [0, 0.05) is 32.8 Å². The van der Waals surface area contributed by atoms with Crippen molar-refractivity contribution in [2.24, 2.45) is 11.5 Å². The van der Waals surface area contributed by atoms with E-state index in [0.29, 0.717) is 19.7 Å². The van der Waals surface area contributed by atoms with Gasteiger partial charge in [-0.3, -0.25) is 0 Å².